The second-order valence-corrected chi connectivity index (χ2v) is 5.08. The number of rotatable bonds is 4. The van der Waals surface area contributed by atoms with Gasteiger partial charge in [0.2, 0.25) is 0 Å². The fraction of sp³-hybridized carbons (Fsp3) is 0.400. The summed E-state index contributed by atoms with van der Waals surface area (Å²) in [6.45, 7) is 4.20. The smallest absolute Gasteiger partial charge is 0.270 e. The summed E-state index contributed by atoms with van der Waals surface area (Å²) in [5, 5.41) is 0.972. The van der Waals surface area contributed by atoms with Crippen molar-refractivity contribution in [3.8, 4) is 0 Å². The second kappa shape index (κ2) is 5.34. The number of benzene rings is 1. The Hall–Kier alpha value is -1.97. The normalized spacial score (nSPS) is 12.6. The molecule has 0 saturated carbocycles. The van der Waals surface area contributed by atoms with E-state index in [1.54, 1.807) is 4.90 Å². The Labute approximate surface area is 113 Å². The molecule has 19 heavy (non-hydrogen) atoms. The van der Waals surface area contributed by atoms with Crippen LogP contribution in [-0.4, -0.2) is 28.9 Å². The van der Waals surface area contributed by atoms with Crippen molar-refractivity contribution in [1.29, 1.82) is 0 Å². The van der Waals surface area contributed by atoms with E-state index in [-0.39, 0.29) is 11.9 Å². The highest BCUT2D eigenvalue weighted by Crippen LogP contribution is 2.20. The molecule has 2 rings (SSSR count). The number of nitrogens with one attached hydrogen (secondary N) is 1. The van der Waals surface area contributed by atoms with Crippen molar-refractivity contribution in [2.45, 2.75) is 32.7 Å². The fourth-order valence-corrected chi connectivity index (χ4v) is 2.27. The molecule has 3 N–H and O–H groups in total. The highest BCUT2D eigenvalue weighted by molar-refractivity contribution is 5.98. The van der Waals surface area contributed by atoms with Crippen LogP contribution in [0.25, 0.3) is 10.9 Å². The first-order valence-electron chi connectivity index (χ1n) is 6.68. The summed E-state index contributed by atoms with van der Waals surface area (Å²) in [6.07, 6.45) is 2.08. The summed E-state index contributed by atoms with van der Waals surface area (Å²) >= 11 is 0. The molecule has 4 nitrogen and oxygen atoms in total. The van der Waals surface area contributed by atoms with Gasteiger partial charge in [-0.3, -0.25) is 4.79 Å². The van der Waals surface area contributed by atoms with E-state index in [4.69, 9.17) is 5.73 Å². The zero-order valence-corrected chi connectivity index (χ0v) is 11.7. The number of aromatic amines is 1. The van der Waals surface area contributed by atoms with Crippen LogP contribution in [0.15, 0.2) is 24.3 Å². The molecule has 1 amide bonds. The molecule has 1 unspecified atom stereocenters. The van der Waals surface area contributed by atoms with Crippen LogP contribution < -0.4 is 5.73 Å². The van der Waals surface area contributed by atoms with Crippen molar-refractivity contribution in [3.05, 3.63) is 30.0 Å². The lowest BCUT2D eigenvalue weighted by Crippen LogP contribution is -2.35. The van der Waals surface area contributed by atoms with Crippen LogP contribution in [0.1, 0.15) is 37.2 Å². The molecule has 102 valence electrons. The zero-order chi connectivity index (χ0) is 14.0. The number of hydrogen-bond donors (Lipinski definition) is 2. The van der Waals surface area contributed by atoms with Gasteiger partial charge in [0.15, 0.2) is 0 Å². The first-order valence-corrected chi connectivity index (χ1v) is 6.68. The van der Waals surface area contributed by atoms with Crippen LogP contribution in [0, 0.1) is 0 Å². The molecular weight excluding hydrogens is 238 g/mol. The summed E-state index contributed by atoms with van der Waals surface area (Å²) < 4.78 is 0. The van der Waals surface area contributed by atoms with Crippen molar-refractivity contribution >= 4 is 22.5 Å². The number of aromatic nitrogens is 1. The van der Waals surface area contributed by atoms with E-state index < -0.39 is 0 Å². The molecule has 1 atom stereocenters. The summed E-state index contributed by atoms with van der Waals surface area (Å²) in [5.74, 6) is 0.0238. The van der Waals surface area contributed by atoms with Crippen LogP contribution in [0.4, 0.5) is 5.69 Å². The maximum absolute atomic E-state index is 12.4. The lowest BCUT2D eigenvalue weighted by molar-refractivity contribution is 0.0732. The Kier molecular flexibility index (Phi) is 3.79. The molecule has 0 fully saturated rings. The molecule has 0 saturated heterocycles. The van der Waals surface area contributed by atoms with Gasteiger partial charge in [0.1, 0.15) is 5.69 Å². The van der Waals surface area contributed by atoms with Crippen LogP contribution in [0.3, 0.4) is 0 Å². The van der Waals surface area contributed by atoms with Gasteiger partial charge < -0.3 is 15.6 Å². The summed E-state index contributed by atoms with van der Waals surface area (Å²) in [7, 11) is 1.85. The average Bonchev–Trinajstić information content (AvgIpc) is 2.80. The number of amides is 1. The third-order valence-corrected chi connectivity index (χ3v) is 3.56. The molecule has 0 aliphatic rings. The largest absolute Gasteiger partial charge is 0.399 e. The van der Waals surface area contributed by atoms with Gasteiger partial charge in [-0.1, -0.05) is 13.3 Å². The molecule has 0 bridgehead atoms. The van der Waals surface area contributed by atoms with E-state index in [0.29, 0.717) is 11.4 Å². The molecular formula is C15H21N3O. The van der Waals surface area contributed by atoms with E-state index in [2.05, 4.69) is 18.8 Å². The molecule has 4 heteroatoms. The summed E-state index contributed by atoms with van der Waals surface area (Å²) in [6, 6.07) is 7.71. The lowest BCUT2D eigenvalue weighted by Gasteiger charge is -2.24. The van der Waals surface area contributed by atoms with Crippen LogP contribution in [0.2, 0.25) is 0 Å². The van der Waals surface area contributed by atoms with Gasteiger partial charge in [0.05, 0.1) is 0 Å². The number of carbonyl (C=O) groups is 1. The number of hydrogen-bond acceptors (Lipinski definition) is 2. The standard InChI is InChI=1S/C15H21N3O/c1-4-5-10(2)18(3)15(19)14-9-11-8-12(16)6-7-13(11)17-14/h6-10,17H,4-5,16H2,1-3H3. The summed E-state index contributed by atoms with van der Waals surface area (Å²) in [5.41, 5.74) is 8.01. The predicted molar refractivity (Wildman–Crippen MR) is 79.2 cm³/mol. The van der Waals surface area contributed by atoms with Gasteiger partial charge in [-0.15, -0.1) is 0 Å². The second-order valence-electron chi connectivity index (χ2n) is 5.08. The third-order valence-electron chi connectivity index (χ3n) is 3.56. The quantitative estimate of drug-likeness (QED) is 0.829. The Morgan fingerprint density at radius 2 is 2.16 bits per heavy atom. The number of anilines is 1. The van der Waals surface area contributed by atoms with E-state index in [0.717, 1.165) is 23.7 Å². The van der Waals surface area contributed by atoms with Crippen molar-refractivity contribution in [1.82, 2.24) is 9.88 Å². The number of nitrogens with two attached hydrogens (primary N) is 1. The Morgan fingerprint density at radius 1 is 1.42 bits per heavy atom. The van der Waals surface area contributed by atoms with Crippen molar-refractivity contribution in [2.75, 3.05) is 12.8 Å². The van der Waals surface area contributed by atoms with Gasteiger partial charge in [-0.2, -0.15) is 0 Å². The maximum atomic E-state index is 12.4. The number of nitrogens with zero attached hydrogens (tertiary/aromatic N) is 1. The molecule has 1 aromatic carbocycles. The predicted octanol–water partition coefficient (Wildman–Crippen LogP) is 3.01. The Balaban J connectivity index is 2.26. The van der Waals surface area contributed by atoms with E-state index in [1.807, 2.05) is 31.3 Å². The topological polar surface area (TPSA) is 62.1 Å². The van der Waals surface area contributed by atoms with Gasteiger partial charge in [0.25, 0.3) is 5.91 Å². The van der Waals surface area contributed by atoms with Crippen molar-refractivity contribution < 1.29 is 4.79 Å². The lowest BCUT2D eigenvalue weighted by atomic mass is 10.1. The van der Waals surface area contributed by atoms with E-state index in [1.165, 1.54) is 0 Å². The minimum atomic E-state index is 0.0238. The van der Waals surface area contributed by atoms with E-state index >= 15 is 0 Å². The number of nitrogen functional groups attached to an aromatic ring is 1. The molecule has 0 spiro atoms. The number of H-pyrrole nitrogens is 1. The van der Waals surface area contributed by atoms with Gasteiger partial charge in [-0.05, 0) is 37.6 Å². The van der Waals surface area contributed by atoms with Gasteiger partial charge in [0, 0.05) is 29.7 Å². The minimum Gasteiger partial charge on any atom is -0.399 e. The van der Waals surface area contributed by atoms with Gasteiger partial charge in [-0.25, -0.2) is 0 Å². The van der Waals surface area contributed by atoms with Crippen molar-refractivity contribution in [3.63, 3.8) is 0 Å². The third kappa shape index (κ3) is 2.72. The zero-order valence-electron chi connectivity index (χ0n) is 11.7. The van der Waals surface area contributed by atoms with Crippen LogP contribution in [0.5, 0.6) is 0 Å². The number of fused-ring (bicyclic) bond motifs is 1. The maximum Gasteiger partial charge on any atom is 0.270 e. The molecule has 2 aromatic rings. The first-order chi connectivity index (χ1) is 9.02. The van der Waals surface area contributed by atoms with Crippen LogP contribution >= 0.6 is 0 Å². The molecule has 1 aromatic heterocycles. The van der Waals surface area contributed by atoms with Crippen LogP contribution in [-0.2, 0) is 0 Å². The summed E-state index contributed by atoms with van der Waals surface area (Å²) in [4.78, 5) is 17.3. The van der Waals surface area contributed by atoms with Crippen molar-refractivity contribution in [2.24, 2.45) is 0 Å². The highest BCUT2D eigenvalue weighted by atomic mass is 16.2. The Bertz CT molecular complexity index is 588. The Morgan fingerprint density at radius 3 is 2.84 bits per heavy atom. The molecule has 0 aliphatic heterocycles. The monoisotopic (exact) mass is 259 g/mol. The van der Waals surface area contributed by atoms with Gasteiger partial charge >= 0.3 is 0 Å². The molecule has 1 heterocycles. The minimum absolute atomic E-state index is 0.0238. The first kappa shape index (κ1) is 13.5. The molecule has 0 aliphatic carbocycles. The average molecular weight is 259 g/mol. The fourth-order valence-electron chi connectivity index (χ4n) is 2.27. The SMILES string of the molecule is CCCC(C)N(C)C(=O)c1cc2cc(N)ccc2[nH]1. The highest BCUT2D eigenvalue weighted by Gasteiger charge is 2.18. The number of carbonyl (C=O) groups excluding carboxylic acids is 1. The molecule has 0 radical (unpaired) electrons. The van der Waals surface area contributed by atoms with E-state index in [9.17, 15) is 4.79 Å².